The van der Waals surface area contributed by atoms with Crippen LogP contribution < -0.4 is 0 Å². The van der Waals surface area contributed by atoms with Crippen molar-refractivity contribution in [2.45, 2.75) is 51.9 Å². The fraction of sp³-hybridized carbons (Fsp3) is 1.00. The van der Waals surface area contributed by atoms with Crippen LogP contribution in [0.5, 0.6) is 0 Å². The first-order valence-corrected chi connectivity index (χ1v) is 8.89. The van der Waals surface area contributed by atoms with Crippen LogP contribution in [0.1, 0.15) is 51.9 Å². The predicted molar refractivity (Wildman–Crippen MR) is 70.6 cm³/mol. The van der Waals surface area contributed by atoms with Crippen molar-refractivity contribution >= 4 is 18.7 Å². The molecule has 110 valence electrons. The Labute approximate surface area is 110 Å². The van der Waals surface area contributed by atoms with Crippen LogP contribution in [-0.4, -0.2) is 30.4 Å². The third-order valence-electron chi connectivity index (χ3n) is 2.26. The van der Waals surface area contributed by atoms with E-state index in [1.165, 1.54) is 25.7 Å². The minimum atomic E-state index is -4.21. The molecule has 0 heterocycles. The Balaban J connectivity index is 3.28. The molecule has 0 aromatic carbocycles. The van der Waals surface area contributed by atoms with E-state index in [1.807, 2.05) is 0 Å². The summed E-state index contributed by atoms with van der Waals surface area (Å²) in [4.78, 5) is 9.13. The molecule has 1 unspecified atom stereocenters. The van der Waals surface area contributed by atoms with Gasteiger partial charge in [0, 0.05) is 0 Å². The molecule has 6 nitrogen and oxygen atoms in total. The Kier molecular flexibility index (Phi) is 11.2. The minimum Gasteiger partial charge on any atom is -0.328 e. The molecule has 0 aliphatic rings. The number of hydrogen-bond acceptors (Lipinski definition) is 5. The Bertz CT molecular complexity index is 282. The van der Waals surface area contributed by atoms with Crippen molar-refractivity contribution in [2.75, 3.05) is 12.5 Å². The molecule has 0 spiro atoms. The van der Waals surface area contributed by atoms with E-state index in [0.29, 0.717) is 6.61 Å². The van der Waals surface area contributed by atoms with E-state index in [1.54, 1.807) is 0 Å². The Morgan fingerprint density at radius 1 is 1.00 bits per heavy atom. The molecular formula is C10H23O6PS. The molecule has 1 atom stereocenters. The van der Waals surface area contributed by atoms with Crippen molar-refractivity contribution < 1.29 is 26.9 Å². The highest BCUT2D eigenvalue weighted by Crippen LogP contribution is 2.33. The van der Waals surface area contributed by atoms with Crippen molar-refractivity contribution in [3.63, 3.8) is 0 Å². The molecule has 0 aliphatic carbocycles. The first kappa shape index (κ1) is 18.2. The lowest BCUT2D eigenvalue weighted by atomic mass is 10.1. The Morgan fingerprint density at radius 3 is 2.11 bits per heavy atom. The summed E-state index contributed by atoms with van der Waals surface area (Å²) in [6.45, 7) is 2.51. The summed E-state index contributed by atoms with van der Waals surface area (Å²) in [5.74, 6) is -0.938. The standard InChI is InChI=1S/C10H23O6PS/c1-2-3-4-5-6-7-8-9-15-17(11)16-10-18(12,13)14/h11H,2-10H2,1H3,(H,12,13,14). The zero-order chi connectivity index (χ0) is 13.9. The van der Waals surface area contributed by atoms with Gasteiger partial charge in [0.15, 0.2) is 5.94 Å². The van der Waals surface area contributed by atoms with Crippen molar-refractivity contribution in [3.05, 3.63) is 0 Å². The van der Waals surface area contributed by atoms with Crippen LogP contribution in [0.2, 0.25) is 0 Å². The molecular weight excluding hydrogens is 279 g/mol. The first-order chi connectivity index (χ1) is 8.45. The van der Waals surface area contributed by atoms with E-state index in [2.05, 4.69) is 11.4 Å². The summed E-state index contributed by atoms with van der Waals surface area (Å²) in [7, 11) is -6.43. The molecule has 0 aromatic rings. The summed E-state index contributed by atoms with van der Waals surface area (Å²) in [6.07, 6.45) is 7.91. The van der Waals surface area contributed by atoms with Crippen LogP contribution >= 0.6 is 8.60 Å². The zero-order valence-electron chi connectivity index (χ0n) is 10.7. The molecule has 0 fully saturated rings. The van der Waals surface area contributed by atoms with E-state index < -0.39 is 24.7 Å². The summed E-state index contributed by atoms with van der Waals surface area (Å²) in [5, 5.41) is 0. The van der Waals surface area contributed by atoms with E-state index in [9.17, 15) is 8.42 Å². The van der Waals surface area contributed by atoms with Crippen LogP contribution in [0, 0.1) is 0 Å². The molecule has 18 heavy (non-hydrogen) atoms. The zero-order valence-corrected chi connectivity index (χ0v) is 12.5. The lowest BCUT2D eigenvalue weighted by Gasteiger charge is -2.09. The lowest BCUT2D eigenvalue weighted by molar-refractivity contribution is 0.213. The molecule has 2 N–H and O–H groups in total. The van der Waals surface area contributed by atoms with Crippen molar-refractivity contribution in [1.82, 2.24) is 0 Å². The second-order valence-electron chi connectivity index (χ2n) is 4.02. The summed E-state index contributed by atoms with van der Waals surface area (Å²) in [6, 6.07) is 0. The van der Waals surface area contributed by atoms with Gasteiger partial charge >= 0.3 is 8.60 Å². The van der Waals surface area contributed by atoms with E-state index in [0.717, 1.165) is 19.3 Å². The monoisotopic (exact) mass is 302 g/mol. The van der Waals surface area contributed by atoms with Gasteiger partial charge in [-0.05, 0) is 6.42 Å². The van der Waals surface area contributed by atoms with Gasteiger partial charge < -0.3 is 9.42 Å². The predicted octanol–water partition coefficient (Wildman–Crippen LogP) is 2.83. The quantitative estimate of drug-likeness (QED) is 0.327. The van der Waals surface area contributed by atoms with E-state index >= 15 is 0 Å². The molecule has 0 aromatic heterocycles. The largest absolute Gasteiger partial charge is 0.330 e. The normalized spacial score (nSPS) is 13.7. The van der Waals surface area contributed by atoms with Gasteiger partial charge in [-0.1, -0.05) is 45.4 Å². The van der Waals surface area contributed by atoms with Crippen molar-refractivity contribution in [3.8, 4) is 0 Å². The minimum absolute atomic E-state index is 0.335. The van der Waals surface area contributed by atoms with Crippen LogP contribution in [0.15, 0.2) is 0 Å². The lowest BCUT2D eigenvalue weighted by Crippen LogP contribution is -2.06. The average molecular weight is 302 g/mol. The van der Waals surface area contributed by atoms with Crippen LogP contribution in [0.4, 0.5) is 0 Å². The van der Waals surface area contributed by atoms with Gasteiger partial charge in [0.2, 0.25) is 0 Å². The van der Waals surface area contributed by atoms with E-state index in [4.69, 9.17) is 14.0 Å². The highest BCUT2D eigenvalue weighted by atomic mass is 32.2. The maximum atomic E-state index is 10.3. The first-order valence-electron chi connectivity index (χ1n) is 6.15. The molecule has 0 amide bonds. The number of hydrogen-bond donors (Lipinski definition) is 2. The van der Waals surface area contributed by atoms with Crippen LogP contribution in [0.3, 0.4) is 0 Å². The second-order valence-corrected chi connectivity index (χ2v) is 6.41. The molecule has 0 saturated carbocycles. The summed E-state index contributed by atoms with van der Waals surface area (Å²) < 4.78 is 38.3. The Morgan fingerprint density at radius 2 is 1.56 bits per heavy atom. The van der Waals surface area contributed by atoms with Crippen LogP contribution in [0.25, 0.3) is 0 Å². The van der Waals surface area contributed by atoms with Crippen molar-refractivity contribution in [2.24, 2.45) is 0 Å². The van der Waals surface area contributed by atoms with Crippen LogP contribution in [-0.2, 0) is 19.2 Å². The fourth-order valence-electron chi connectivity index (χ4n) is 1.35. The van der Waals surface area contributed by atoms with Gasteiger partial charge in [-0.2, -0.15) is 8.42 Å². The number of unbranched alkanes of at least 4 members (excludes halogenated alkanes) is 6. The van der Waals surface area contributed by atoms with Gasteiger partial charge in [-0.3, -0.25) is 9.08 Å². The van der Waals surface area contributed by atoms with Gasteiger partial charge in [-0.25, -0.2) is 0 Å². The van der Waals surface area contributed by atoms with Gasteiger partial charge in [0.1, 0.15) is 0 Å². The second kappa shape index (κ2) is 11.1. The fourth-order valence-corrected chi connectivity index (χ4v) is 2.60. The Hall–Kier alpha value is 0.220. The van der Waals surface area contributed by atoms with E-state index in [-0.39, 0.29) is 0 Å². The van der Waals surface area contributed by atoms with Gasteiger partial charge in [0.05, 0.1) is 6.61 Å². The third kappa shape index (κ3) is 14.3. The molecule has 8 heteroatoms. The third-order valence-corrected chi connectivity index (χ3v) is 3.61. The highest BCUT2D eigenvalue weighted by molar-refractivity contribution is 7.85. The maximum absolute atomic E-state index is 10.3. The molecule has 0 aliphatic heterocycles. The molecule has 0 saturated heterocycles. The summed E-state index contributed by atoms with van der Waals surface area (Å²) >= 11 is 0. The SMILES string of the molecule is CCCCCCCCCOP(O)OCS(=O)(=O)O. The van der Waals surface area contributed by atoms with Crippen molar-refractivity contribution in [1.29, 1.82) is 0 Å². The topological polar surface area (TPSA) is 93.1 Å². The van der Waals surface area contributed by atoms with Gasteiger partial charge in [-0.15, -0.1) is 0 Å². The average Bonchev–Trinajstić information content (AvgIpc) is 2.29. The molecule has 0 rings (SSSR count). The molecule has 0 radical (unpaired) electrons. The highest BCUT2D eigenvalue weighted by Gasteiger charge is 2.12. The maximum Gasteiger partial charge on any atom is 0.330 e. The van der Waals surface area contributed by atoms with Gasteiger partial charge in [0.25, 0.3) is 10.1 Å². The number of rotatable bonds is 12. The molecule has 0 bridgehead atoms. The summed E-state index contributed by atoms with van der Waals surface area (Å²) in [5.41, 5.74) is 0. The smallest absolute Gasteiger partial charge is 0.328 e.